The molecule has 0 aliphatic rings. The van der Waals surface area contributed by atoms with Crippen LogP contribution in [0.3, 0.4) is 0 Å². The molecular weight excluding hydrogens is 164 g/mol. The number of methoxy groups -OCH3 is 1. The number of rotatable bonds is 1. The summed E-state index contributed by atoms with van der Waals surface area (Å²) in [4.78, 5) is 10.7. The van der Waals surface area contributed by atoms with Crippen LogP contribution in [0.1, 0.15) is 20.8 Å². The van der Waals surface area contributed by atoms with Crippen LogP contribution in [0.2, 0.25) is 0 Å². The van der Waals surface area contributed by atoms with Crippen molar-refractivity contribution < 1.29 is 9.53 Å². The minimum absolute atomic E-state index is 0.185. The van der Waals surface area contributed by atoms with E-state index in [1.807, 2.05) is 20.8 Å². The Morgan fingerprint density at radius 3 is 2.18 bits per heavy atom. The van der Waals surface area contributed by atoms with Gasteiger partial charge in [0, 0.05) is 11.1 Å². The molecule has 0 atom stereocenters. The molecule has 0 spiro atoms. The summed E-state index contributed by atoms with van der Waals surface area (Å²) in [5.41, 5.74) is -0.185. The first-order chi connectivity index (χ1) is 4.88. The lowest BCUT2D eigenvalue weighted by Crippen LogP contribution is -2.07. The van der Waals surface area contributed by atoms with Gasteiger partial charge >= 0.3 is 5.97 Å². The largest absolute Gasteiger partial charge is 0.466 e. The molecule has 3 heteroatoms. The SMILES string of the molecule is COC(=O)/C=C(\Cl)C(C)(C)C. The third kappa shape index (κ3) is 4.04. The third-order valence-electron chi connectivity index (χ3n) is 1.16. The van der Waals surface area contributed by atoms with Crippen LogP contribution in [0.4, 0.5) is 0 Å². The summed E-state index contributed by atoms with van der Waals surface area (Å²) in [5, 5.41) is 0.504. The van der Waals surface area contributed by atoms with Gasteiger partial charge in [0.1, 0.15) is 0 Å². The smallest absolute Gasteiger partial charge is 0.331 e. The summed E-state index contributed by atoms with van der Waals surface area (Å²) in [6.45, 7) is 5.78. The first-order valence-corrected chi connectivity index (χ1v) is 3.71. The second-order valence-electron chi connectivity index (χ2n) is 3.27. The summed E-state index contributed by atoms with van der Waals surface area (Å²) >= 11 is 5.79. The zero-order valence-electron chi connectivity index (χ0n) is 7.27. The van der Waals surface area contributed by atoms with Crippen molar-refractivity contribution in [1.29, 1.82) is 0 Å². The topological polar surface area (TPSA) is 26.3 Å². The lowest BCUT2D eigenvalue weighted by molar-refractivity contribution is -0.134. The van der Waals surface area contributed by atoms with Gasteiger partial charge in [-0.2, -0.15) is 0 Å². The Bertz CT molecular complexity index is 177. The van der Waals surface area contributed by atoms with Crippen molar-refractivity contribution in [1.82, 2.24) is 0 Å². The molecule has 0 saturated carbocycles. The van der Waals surface area contributed by atoms with Crippen molar-refractivity contribution in [2.45, 2.75) is 20.8 Å². The van der Waals surface area contributed by atoms with E-state index < -0.39 is 5.97 Å². The minimum Gasteiger partial charge on any atom is -0.466 e. The maximum atomic E-state index is 10.7. The van der Waals surface area contributed by atoms with Gasteiger partial charge in [0.25, 0.3) is 0 Å². The van der Waals surface area contributed by atoms with Crippen molar-refractivity contribution in [3.63, 3.8) is 0 Å². The quantitative estimate of drug-likeness (QED) is 0.453. The Morgan fingerprint density at radius 1 is 1.45 bits per heavy atom. The molecule has 0 radical (unpaired) electrons. The summed E-state index contributed by atoms with van der Waals surface area (Å²) in [6.07, 6.45) is 1.29. The van der Waals surface area contributed by atoms with E-state index in [9.17, 15) is 4.79 Å². The van der Waals surface area contributed by atoms with Gasteiger partial charge in [0.05, 0.1) is 7.11 Å². The van der Waals surface area contributed by atoms with Gasteiger partial charge in [-0.05, 0) is 5.41 Å². The van der Waals surface area contributed by atoms with Crippen LogP contribution in [-0.2, 0) is 9.53 Å². The number of carbonyl (C=O) groups excluding carboxylic acids is 1. The Labute approximate surface area is 72.2 Å². The first-order valence-electron chi connectivity index (χ1n) is 3.33. The molecule has 0 bridgehead atoms. The molecule has 0 aromatic carbocycles. The van der Waals surface area contributed by atoms with Crippen molar-refractivity contribution >= 4 is 17.6 Å². The van der Waals surface area contributed by atoms with Gasteiger partial charge < -0.3 is 4.74 Å². The molecule has 0 fully saturated rings. The zero-order valence-corrected chi connectivity index (χ0v) is 8.03. The average molecular weight is 177 g/mol. The molecule has 64 valence electrons. The standard InChI is InChI=1S/C8H13ClO2/c1-8(2,3)6(9)5-7(10)11-4/h5H,1-4H3/b6-5-. The Hall–Kier alpha value is -0.500. The van der Waals surface area contributed by atoms with Gasteiger partial charge in [-0.3, -0.25) is 0 Å². The fraction of sp³-hybridized carbons (Fsp3) is 0.625. The van der Waals surface area contributed by atoms with Crippen molar-refractivity contribution in [2.75, 3.05) is 7.11 Å². The molecule has 0 aliphatic heterocycles. The van der Waals surface area contributed by atoms with E-state index in [1.54, 1.807) is 0 Å². The lowest BCUT2D eigenvalue weighted by Gasteiger charge is -2.16. The van der Waals surface area contributed by atoms with Crippen molar-refractivity contribution in [2.24, 2.45) is 5.41 Å². The summed E-state index contributed by atoms with van der Waals surface area (Å²) in [7, 11) is 1.33. The average Bonchev–Trinajstić information content (AvgIpc) is 1.85. The van der Waals surface area contributed by atoms with Crippen molar-refractivity contribution in [3.05, 3.63) is 11.1 Å². The second kappa shape index (κ2) is 3.77. The highest BCUT2D eigenvalue weighted by atomic mass is 35.5. The van der Waals surface area contributed by atoms with Crippen LogP contribution in [0.5, 0.6) is 0 Å². The van der Waals surface area contributed by atoms with E-state index in [4.69, 9.17) is 11.6 Å². The molecule has 0 amide bonds. The highest BCUT2D eigenvalue weighted by Gasteiger charge is 2.15. The van der Waals surface area contributed by atoms with Crippen molar-refractivity contribution in [3.8, 4) is 0 Å². The summed E-state index contributed by atoms with van der Waals surface area (Å²) in [5.74, 6) is -0.412. The van der Waals surface area contributed by atoms with E-state index in [0.717, 1.165) is 0 Å². The molecule has 0 rings (SSSR count). The normalized spacial score (nSPS) is 13.0. The fourth-order valence-electron chi connectivity index (χ4n) is 0.379. The van der Waals surface area contributed by atoms with Gasteiger partial charge in [0.2, 0.25) is 0 Å². The van der Waals surface area contributed by atoms with Gasteiger partial charge in [-0.1, -0.05) is 32.4 Å². The van der Waals surface area contributed by atoms with E-state index in [2.05, 4.69) is 4.74 Å². The van der Waals surface area contributed by atoms with Gasteiger partial charge in [-0.15, -0.1) is 0 Å². The molecule has 11 heavy (non-hydrogen) atoms. The highest BCUT2D eigenvalue weighted by molar-refractivity contribution is 6.31. The Morgan fingerprint density at radius 2 is 1.91 bits per heavy atom. The van der Waals surface area contributed by atoms with E-state index in [1.165, 1.54) is 13.2 Å². The Balaban J connectivity index is 4.35. The van der Waals surface area contributed by atoms with Crippen LogP contribution in [0.15, 0.2) is 11.1 Å². The molecule has 0 N–H and O–H groups in total. The maximum absolute atomic E-state index is 10.7. The molecule has 0 aromatic rings. The van der Waals surface area contributed by atoms with Crippen LogP contribution < -0.4 is 0 Å². The summed E-state index contributed by atoms with van der Waals surface area (Å²) in [6, 6.07) is 0. The molecule has 0 aromatic heterocycles. The zero-order chi connectivity index (χ0) is 9.07. The molecule has 0 heterocycles. The molecule has 2 nitrogen and oxygen atoms in total. The number of hydrogen-bond donors (Lipinski definition) is 0. The van der Waals surface area contributed by atoms with Crippen LogP contribution in [0, 0.1) is 5.41 Å². The highest BCUT2D eigenvalue weighted by Crippen LogP contribution is 2.27. The predicted octanol–water partition coefficient (Wildman–Crippen LogP) is 2.33. The van der Waals surface area contributed by atoms with Crippen LogP contribution >= 0.6 is 11.6 Å². The molecule has 0 unspecified atom stereocenters. The number of carbonyl (C=O) groups is 1. The second-order valence-corrected chi connectivity index (χ2v) is 3.67. The van der Waals surface area contributed by atoms with Crippen LogP contribution in [0.25, 0.3) is 0 Å². The number of esters is 1. The van der Waals surface area contributed by atoms with Gasteiger partial charge in [0.15, 0.2) is 0 Å². The number of allylic oxidation sites excluding steroid dienone is 1. The number of hydrogen-bond acceptors (Lipinski definition) is 2. The lowest BCUT2D eigenvalue weighted by atomic mass is 9.96. The van der Waals surface area contributed by atoms with E-state index in [-0.39, 0.29) is 5.41 Å². The van der Waals surface area contributed by atoms with E-state index in [0.29, 0.717) is 5.03 Å². The predicted molar refractivity (Wildman–Crippen MR) is 45.4 cm³/mol. The molecular formula is C8H13ClO2. The van der Waals surface area contributed by atoms with E-state index >= 15 is 0 Å². The minimum atomic E-state index is -0.412. The van der Waals surface area contributed by atoms with Gasteiger partial charge in [-0.25, -0.2) is 4.79 Å². The fourth-order valence-corrected chi connectivity index (χ4v) is 0.468. The third-order valence-corrected chi connectivity index (χ3v) is 1.84. The molecule has 0 aliphatic carbocycles. The number of halogens is 1. The maximum Gasteiger partial charge on any atom is 0.331 e. The number of ether oxygens (including phenoxy) is 1. The van der Waals surface area contributed by atoms with Crippen LogP contribution in [-0.4, -0.2) is 13.1 Å². The molecule has 0 saturated heterocycles. The Kier molecular flexibility index (Phi) is 3.59. The summed E-state index contributed by atoms with van der Waals surface area (Å²) < 4.78 is 4.42. The first kappa shape index (κ1) is 10.5. The monoisotopic (exact) mass is 176 g/mol.